The Bertz CT molecular complexity index is 544. The molecule has 3 heteroatoms. The van der Waals surface area contributed by atoms with E-state index in [0.717, 1.165) is 44.1 Å². The van der Waals surface area contributed by atoms with E-state index in [-0.39, 0.29) is 23.9 Å². The van der Waals surface area contributed by atoms with E-state index in [1.165, 1.54) is 25.7 Å². The molecule has 0 aliphatic heterocycles. The van der Waals surface area contributed by atoms with Crippen molar-refractivity contribution in [2.75, 3.05) is 0 Å². The molecular weight excluding hydrogens is 324 g/mol. The first-order valence-electron chi connectivity index (χ1n) is 10.6. The Balaban J connectivity index is 1.72. The van der Waals surface area contributed by atoms with Crippen LogP contribution in [-0.2, 0) is 9.53 Å². The van der Waals surface area contributed by atoms with Crippen molar-refractivity contribution in [3.05, 3.63) is 35.9 Å². The maximum atomic E-state index is 12.8. The number of ether oxygens (including phenoxy) is 1. The third-order valence-electron chi connectivity index (χ3n) is 6.46. The van der Waals surface area contributed by atoms with E-state index in [9.17, 15) is 9.90 Å². The highest BCUT2D eigenvalue weighted by molar-refractivity contribution is 5.72. The molecule has 2 aliphatic carbocycles. The third kappa shape index (κ3) is 4.88. The van der Waals surface area contributed by atoms with Crippen LogP contribution in [0.15, 0.2) is 30.3 Å². The number of carbonyl (C=O) groups excluding carboxylic acids is 1. The molecule has 1 aromatic rings. The summed E-state index contributed by atoms with van der Waals surface area (Å²) in [6.07, 6.45) is 10.6. The lowest BCUT2D eigenvalue weighted by Crippen LogP contribution is -2.38. The predicted molar refractivity (Wildman–Crippen MR) is 104 cm³/mol. The van der Waals surface area contributed by atoms with Gasteiger partial charge in [-0.2, -0.15) is 0 Å². The summed E-state index contributed by atoms with van der Waals surface area (Å²) in [5, 5.41) is 10.9. The second-order valence-corrected chi connectivity index (χ2v) is 8.35. The summed E-state index contributed by atoms with van der Waals surface area (Å²) in [5.41, 5.74) is 0.912. The molecule has 3 rings (SSSR count). The molecule has 0 bridgehead atoms. The van der Waals surface area contributed by atoms with Gasteiger partial charge in [-0.1, -0.05) is 75.8 Å². The number of benzene rings is 1. The number of esters is 1. The Hall–Kier alpha value is -1.35. The van der Waals surface area contributed by atoms with Crippen LogP contribution in [0.2, 0.25) is 0 Å². The number of aliphatic hydroxyl groups excluding tert-OH is 1. The fourth-order valence-corrected chi connectivity index (χ4v) is 4.80. The van der Waals surface area contributed by atoms with Gasteiger partial charge in [-0.3, -0.25) is 4.79 Å². The highest BCUT2D eigenvalue weighted by atomic mass is 16.5. The minimum atomic E-state index is -0.595. The molecule has 0 radical (unpaired) electrons. The first kappa shape index (κ1) is 19.4. The largest absolute Gasteiger partial charge is 0.461 e. The van der Waals surface area contributed by atoms with Gasteiger partial charge in [0.2, 0.25) is 0 Å². The summed E-state index contributed by atoms with van der Waals surface area (Å²) in [6.45, 7) is 2.05. The SMILES string of the molecule is C[C@@H]([C@H](O)c1ccccc1)[C@H](OC(=O)C1CCCCC1)C1CCCCC1. The topological polar surface area (TPSA) is 46.5 Å². The third-order valence-corrected chi connectivity index (χ3v) is 6.46. The summed E-state index contributed by atoms with van der Waals surface area (Å²) < 4.78 is 6.13. The van der Waals surface area contributed by atoms with Crippen LogP contribution < -0.4 is 0 Å². The number of aliphatic hydroxyl groups is 1. The molecule has 2 fully saturated rings. The molecule has 0 aromatic heterocycles. The fraction of sp³-hybridized carbons (Fsp3) is 0.696. The molecular formula is C23H34O3. The highest BCUT2D eigenvalue weighted by Gasteiger charge is 2.37. The summed E-state index contributed by atoms with van der Waals surface area (Å²) >= 11 is 0. The van der Waals surface area contributed by atoms with E-state index in [0.29, 0.717) is 5.92 Å². The molecule has 144 valence electrons. The molecule has 0 unspecified atom stereocenters. The molecule has 3 atom stereocenters. The van der Waals surface area contributed by atoms with Gasteiger partial charge in [-0.25, -0.2) is 0 Å². The van der Waals surface area contributed by atoms with Gasteiger partial charge in [-0.05, 0) is 37.2 Å². The van der Waals surface area contributed by atoms with E-state index in [1.807, 2.05) is 37.3 Å². The Labute approximate surface area is 158 Å². The average Bonchev–Trinajstić information content (AvgIpc) is 2.72. The standard InChI is InChI=1S/C23H34O3/c1-17(21(24)18-11-5-2-6-12-18)22(19-13-7-3-8-14-19)26-23(25)20-15-9-4-10-16-20/h2,5-6,11-12,17,19-22,24H,3-4,7-10,13-16H2,1H3/t17-,21-,22-/m0/s1. The number of carbonyl (C=O) groups is 1. The number of rotatable bonds is 6. The van der Waals surface area contributed by atoms with Crippen LogP contribution in [0, 0.1) is 17.8 Å². The van der Waals surface area contributed by atoms with Crippen molar-refractivity contribution in [1.29, 1.82) is 0 Å². The molecule has 0 spiro atoms. The molecule has 26 heavy (non-hydrogen) atoms. The maximum absolute atomic E-state index is 12.8. The van der Waals surface area contributed by atoms with Crippen molar-refractivity contribution >= 4 is 5.97 Å². The molecule has 0 saturated heterocycles. The van der Waals surface area contributed by atoms with E-state index in [1.54, 1.807) is 0 Å². The lowest BCUT2D eigenvalue weighted by molar-refractivity contribution is -0.165. The van der Waals surface area contributed by atoms with Crippen molar-refractivity contribution in [1.82, 2.24) is 0 Å². The molecule has 0 heterocycles. The van der Waals surface area contributed by atoms with Gasteiger partial charge in [0, 0.05) is 5.92 Å². The van der Waals surface area contributed by atoms with Crippen molar-refractivity contribution in [3.63, 3.8) is 0 Å². The highest BCUT2D eigenvalue weighted by Crippen LogP contribution is 2.37. The van der Waals surface area contributed by atoms with Crippen molar-refractivity contribution < 1.29 is 14.6 Å². The monoisotopic (exact) mass is 358 g/mol. The summed E-state index contributed by atoms with van der Waals surface area (Å²) in [5.74, 6) is 0.334. The van der Waals surface area contributed by atoms with Crippen LogP contribution in [-0.4, -0.2) is 17.2 Å². The smallest absolute Gasteiger partial charge is 0.309 e. The quantitative estimate of drug-likeness (QED) is 0.690. The van der Waals surface area contributed by atoms with Crippen LogP contribution in [0.4, 0.5) is 0 Å². The van der Waals surface area contributed by atoms with Crippen molar-refractivity contribution in [3.8, 4) is 0 Å². The van der Waals surface area contributed by atoms with Crippen LogP contribution in [0.5, 0.6) is 0 Å². The van der Waals surface area contributed by atoms with Gasteiger partial charge in [0.25, 0.3) is 0 Å². The lowest BCUT2D eigenvalue weighted by atomic mass is 9.78. The summed E-state index contributed by atoms with van der Waals surface area (Å²) in [7, 11) is 0. The zero-order valence-corrected chi connectivity index (χ0v) is 16.1. The van der Waals surface area contributed by atoms with E-state index >= 15 is 0 Å². The Morgan fingerprint density at radius 2 is 1.54 bits per heavy atom. The zero-order valence-electron chi connectivity index (χ0n) is 16.1. The normalized spacial score (nSPS) is 23.2. The van der Waals surface area contributed by atoms with Gasteiger partial charge >= 0.3 is 5.97 Å². The summed E-state index contributed by atoms with van der Waals surface area (Å²) in [4.78, 5) is 12.8. The Kier molecular flexibility index (Phi) is 7.13. The molecule has 2 saturated carbocycles. The zero-order chi connectivity index (χ0) is 18.4. The van der Waals surface area contributed by atoms with Gasteiger partial charge < -0.3 is 9.84 Å². The van der Waals surface area contributed by atoms with Gasteiger partial charge in [0.1, 0.15) is 6.10 Å². The summed E-state index contributed by atoms with van der Waals surface area (Å²) in [6, 6.07) is 9.79. The molecule has 0 amide bonds. The van der Waals surface area contributed by atoms with Gasteiger partial charge in [-0.15, -0.1) is 0 Å². The maximum Gasteiger partial charge on any atom is 0.309 e. The van der Waals surface area contributed by atoms with Crippen molar-refractivity contribution in [2.45, 2.75) is 83.3 Å². The van der Waals surface area contributed by atoms with Crippen molar-refractivity contribution in [2.24, 2.45) is 17.8 Å². The molecule has 1 N–H and O–H groups in total. The molecule has 3 nitrogen and oxygen atoms in total. The predicted octanol–water partition coefficient (Wildman–Crippen LogP) is 5.43. The van der Waals surface area contributed by atoms with Crippen LogP contribution in [0.25, 0.3) is 0 Å². The van der Waals surface area contributed by atoms with E-state index < -0.39 is 6.10 Å². The van der Waals surface area contributed by atoms with Crippen LogP contribution in [0.1, 0.15) is 82.8 Å². The fourth-order valence-electron chi connectivity index (χ4n) is 4.80. The number of hydrogen-bond acceptors (Lipinski definition) is 3. The Morgan fingerprint density at radius 1 is 0.962 bits per heavy atom. The van der Waals surface area contributed by atoms with Crippen LogP contribution in [0.3, 0.4) is 0 Å². The first-order valence-corrected chi connectivity index (χ1v) is 10.6. The second-order valence-electron chi connectivity index (χ2n) is 8.35. The first-order chi connectivity index (χ1) is 12.7. The van der Waals surface area contributed by atoms with E-state index in [2.05, 4.69) is 0 Å². The minimum absolute atomic E-state index is 0.0209. The molecule has 2 aliphatic rings. The van der Waals surface area contributed by atoms with Crippen LogP contribution >= 0.6 is 0 Å². The van der Waals surface area contributed by atoms with E-state index in [4.69, 9.17) is 4.74 Å². The molecule has 1 aromatic carbocycles. The minimum Gasteiger partial charge on any atom is -0.461 e. The number of hydrogen-bond donors (Lipinski definition) is 1. The lowest BCUT2D eigenvalue weighted by Gasteiger charge is -2.37. The van der Waals surface area contributed by atoms with Gasteiger partial charge in [0.05, 0.1) is 12.0 Å². The van der Waals surface area contributed by atoms with Gasteiger partial charge in [0.15, 0.2) is 0 Å². The average molecular weight is 359 g/mol. The Morgan fingerprint density at radius 3 is 2.15 bits per heavy atom. The second kappa shape index (κ2) is 9.55.